The van der Waals surface area contributed by atoms with Crippen LogP contribution in [0.1, 0.15) is 70.6 Å². The van der Waals surface area contributed by atoms with E-state index in [1.807, 2.05) is 0 Å². The molecule has 0 heterocycles. The van der Waals surface area contributed by atoms with Crippen LogP contribution < -0.4 is 0 Å². The van der Waals surface area contributed by atoms with Crippen molar-refractivity contribution in [3.8, 4) is 0 Å². The van der Waals surface area contributed by atoms with Crippen molar-refractivity contribution in [2.24, 2.45) is 41.4 Å². The molecule has 0 radical (unpaired) electrons. The van der Waals surface area contributed by atoms with E-state index in [0.29, 0.717) is 5.92 Å². The Bertz CT molecular complexity index is 374. The molecule has 2 nitrogen and oxygen atoms in total. The van der Waals surface area contributed by atoms with Gasteiger partial charge in [0.05, 0.1) is 11.7 Å². The summed E-state index contributed by atoms with van der Waals surface area (Å²) in [6.07, 6.45) is 14.6. The van der Waals surface area contributed by atoms with Crippen molar-refractivity contribution in [3.05, 3.63) is 0 Å². The van der Waals surface area contributed by atoms with Crippen LogP contribution in [0.3, 0.4) is 0 Å². The summed E-state index contributed by atoms with van der Waals surface area (Å²) in [4.78, 5) is 0. The molecule has 8 aliphatic carbocycles. The summed E-state index contributed by atoms with van der Waals surface area (Å²) in [7, 11) is 0. The topological polar surface area (TPSA) is 40.5 Å². The van der Waals surface area contributed by atoms with Crippen molar-refractivity contribution < 1.29 is 10.2 Å². The third-order valence-electron chi connectivity index (χ3n) is 8.22. The Hall–Kier alpha value is -0.0800. The van der Waals surface area contributed by atoms with Crippen LogP contribution in [0.5, 0.6) is 0 Å². The van der Waals surface area contributed by atoms with Crippen molar-refractivity contribution in [2.75, 3.05) is 0 Å². The van der Waals surface area contributed by atoms with Gasteiger partial charge in [0.15, 0.2) is 0 Å². The van der Waals surface area contributed by atoms with Gasteiger partial charge in [-0.3, -0.25) is 0 Å². The lowest BCUT2D eigenvalue weighted by molar-refractivity contribution is -0.203. The molecule has 124 valence electrons. The maximum atomic E-state index is 10.1. The van der Waals surface area contributed by atoms with Crippen molar-refractivity contribution >= 4 is 0 Å². The number of hydrogen-bond donors (Lipinski definition) is 2. The van der Waals surface area contributed by atoms with Gasteiger partial charge in [-0.25, -0.2) is 0 Å². The molecule has 8 fully saturated rings. The predicted octanol–water partition coefficient (Wildman–Crippen LogP) is 3.75. The average molecular weight is 304 g/mol. The van der Waals surface area contributed by atoms with E-state index in [4.69, 9.17) is 0 Å². The Labute approximate surface area is 134 Å². The molecule has 8 rings (SSSR count). The number of aliphatic hydroxyl groups is 2. The van der Waals surface area contributed by atoms with Gasteiger partial charge in [0.25, 0.3) is 0 Å². The summed E-state index contributed by atoms with van der Waals surface area (Å²) < 4.78 is 0. The van der Waals surface area contributed by atoms with E-state index in [9.17, 15) is 10.2 Å². The molecule has 3 unspecified atom stereocenters. The zero-order chi connectivity index (χ0) is 14.9. The minimum atomic E-state index is -0.686. The molecule has 8 aliphatic rings. The van der Waals surface area contributed by atoms with Crippen LogP contribution >= 0.6 is 0 Å². The lowest BCUT2D eigenvalue weighted by atomic mass is 9.53. The average Bonchev–Trinajstić information content (AvgIpc) is 2.43. The minimum Gasteiger partial charge on any atom is -0.390 e. The first-order chi connectivity index (χ1) is 10.6. The second-order valence-corrected chi connectivity index (χ2v) is 10.0. The van der Waals surface area contributed by atoms with Gasteiger partial charge in [0.1, 0.15) is 0 Å². The van der Waals surface area contributed by atoms with E-state index in [-0.39, 0.29) is 0 Å². The van der Waals surface area contributed by atoms with Gasteiger partial charge in [-0.2, -0.15) is 0 Å². The molecule has 0 amide bonds. The molecular formula is C20H32O2. The maximum absolute atomic E-state index is 10.1. The number of hydrogen-bond acceptors (Lipinski definition) is 2. The van der Waals surface area contributed by atoms with Gasteiger partial charge in [0.2, 0.25) is 0 Å². The van der Waals surface area contributed by atoms with Crippen LogP contribution in [0.4, 0.5) is 0 Å². The van der Waals surface area contributed by atoms with Crippen LogP contribution in [0.25, 0.3) is 0 Å². The highest BCUT2D eigenvalue weighted by molar-refractivity contribution is 5.07. The van der Waals surface area contributed by atoms with Gasteiger partial charge in [-0.15, -0.1) is 0 Å². The Balaban J connectivity index is 0.000000104. The molecule has 2 N–H and O–H groups in total. The van der Waals surface area contributed by atoms with Crippen molar-refractivity contribution in [1.29, 1.82) is 0 Å². The Morgan fingerprint density at radius 3 is 1.27 bits per heavy atom. The quantitative estimate of drug-likeness (QED) is 0.715. The Kier molecular flexibility index (Phi) is 3.22. The first-order valence-electron chi connectivity index (χ1n) is 9.98. The van der Waals surface area contributed by atoms with Crippen LogP contribution in [0, 0.1) is 41.4 Å². The minimum absolute atomic E-state index is 0.412. The molecule has 2 heteroatoms. The fraction of sp³-hybridized carbons (Fsp3) is 1.00. The van der Waals surface area contributed by atoms with Gasteiger partial charge < -0.3 is 10.2 Å². The third kappa shape index (κ3) is 2.28. The molecule has 0 aromatic heterocycles. The second-order valence-electron chi connectivity index (χ2n) is 10.0. The lowest BCUT2D eigenvalue weighted by Crippen LogP contribution is -2.60. The van der Waals surface area contributed by atoms with E-state index in [2.05, 4.69) is 0 Å². The first kappa shape index (κ1) is 14.3. The first-order valence-corrected chi connectivity index (χ1v) is 9.98. The summed E-state index contributed by atoms with van der Waals surface area (Å²) in [6.45, 7) is 0. The molecular weight excluding hydrogens is 272 g/mol. The predicted molar refractivity (Wildman–Crippen MR) is 86.2 cm³/mol. The molecule has 0 spiro atoms. The zero-order valence-corrected chi connectivity index (χ0v) is 13.8. The van der Waals surface area contributed by atoms with Crippen LogP contribution in [-0.2, 0) is 0 Å². The number of rotatable bonds is 0. The molecule has 0 saturated heterocycles. The smallest absolute Gasteiger partial charge is 0.0913 e. The fourth-order valence-electron chi connectivity index (χ4n) is 7.95. The normalized spacial score (nSPS) is 60.3. The highest BCUT2D eigenvalue weighted by atomic mass is 16.3. The zero-order valence-electron chi connectivity index (χ0n) is 13.8. The summed E-state index contributed by atoms with van der Waals surface area (Å²) in [5.41, 5.74) is -0.686. The molecule has 22 heavy (non-hydrogen) atoms. The molecule has 8 bridgehead atoms. The Morgan fingerprint density at radius 1 is 0.545 bits per heavy atom. The van der Waals surface area contributed by atoms with E-state index >= 15 is 0 Å². The van der Waals surface area contributed by atoms with E-state index in [1.54, 1.807) is 38.5 Å². The summed E-state index contributed by atoms with van der Waals surface area (Å²) >= 11 is 0. The standard InChI is InChI=1S/C10H16O2.C10H16/c11-9-8-2-6-1-7(3-8)5-10(9,12)4-6;1-7-2-9-4-8(1)5-10(3-7)6-9/h6-9,11-12H,1-5H2;7-10H,1-6H2. The van der Waals surface area contributed by atoms with Gasteiger partial charge in [-0.05, 0) is 112 Å². The van der Waals surface area contributed by atoms with Crippen molar-refractivity contribution in [2.45, 2.75) is 82.3 Å². The molecule has 0 aliphatic heterocycles. The fourth-order valence-corrected chi connectivity index (χ4v) is 7.95. The SMILES string of the molecule is C1C2CC3CC1CC(C2)C3.OC1C2CC3CC(C2)CC1(O)C3. The van der Waals surface area contributed by atoms with Crippen LogP contribution in [0.2, 0.25) is 0 Å². The molecule has 0 aromatic rings. The van der Waals surface area contributed by atoms with E-state index in [1.165, 1.54) is 42.9 Å². The summed E-state index contributed by atoms with van der Waals surface area (Å²) in [5, 5.41) is 20.0. The summed E-state index contributed by atoms with van der Waals surface area (Å²) in [5.74, 6) is 6.56. The van der Waals surface area contributed by atoms with Gasteiger partial charge in [0, 0.05) is 0 Å². The molecule has 8 saturated carbocycles. The monoisotopic (exact) mass is 304 g/mol. The lowest BCUT2D eigenvalue weighted by Gasteiger charge is -2.57. The van der Waals surface area contributed by atoms with Crippen LogP contribution in [0.15, 0.2) is 0 Å². The second kappa shape index (κ2) is 4.96. The molecule has 3 atom stereocenters. The molecule has 0 aromatic carbocycles. The summed E-state index contributed by atoms with van der Waals surface area (Å²) in [6, 6.07) is 0. The number of aliphatic hydroxyl groups excluding tert-OH is 1. The highest BCUT2D eigenvalue weighted by Gasteiger charge is 2.55. The van der Waals surface area contributed by atoms with Crippen molar-refractivity contribution in [3.63, 3.8) is 0 Å². The van der Waals surface area contributed by atoms with E-state index < -0.39 is 11.7 Å². The van der Waals surface area contributed by atoms with Crippen LogP contribution in [-0.4, -0.2) is 21.9 Å². The Morgan fingerprint density at radius 2 is 0.909 bits per heavy atom. The largest absolute Gasteiger partial charge is 0.390 e. The van der Waals surface area contributed by atoms with Gasteiger partial charge in [-0.1, -0.05) is 0 Å². The van der Waals surface area contributed by atoms with Crippen molar-refractivity contribution in [1.82, 2.24) is 0 Å². The highest BCUT2D eigenvalue weighted by Crippen LogP contribution is 2.55. The maximum Gasteiger partial charge on any atom is 0.0913 e. The van der Waals surface area contributed by atoms with Gasteiger partial charge >= 0.3 is 0 Å². The third-order valence-corrected chi connectivity index (χ3v) is 8.22. The van der Waals surface area contributed by atoms with E-state index in [0.717, 1.165) is 24.7 Å².